The van der Waals surface area contributed by atoms with E-state index in [9.17, 15) is 9.18 Å². The summed E-state index contributed by atoms with van der Waals surface area (Å²) in [4.78, 5) is 18.7. The maximum absolute atomic E-state index is 14.0. The summed E-state index contributed by atoms with van der Waals surface area (Å²) in [5.41, 5.74) is 14.0. The zero-order chi connectivity index (χ0) is 26.9. The molecule has 1 amide bonds. The van der Waals surface area contributed by atoms with Crippen LogP contribution in [-0.2, 0) is 4.79 Å². The Morgan fingerprint density at radius 2 is 1.86 bits per heavy atom. The van der Waals surface area contributed by atoms with Gasteiger partial charge in [0.25, 0.3) is 0 Å². The van der Waals surface area contributed by atoms with E-state index < -0.39 is 18.0 Å². The maximum Gasteiger partial charge on any atom is 0.239 e. The molecule has 8 nitrogen and oxygen atoms in total. The molecule has 1 aromatic carbocycles. The lowest BCUT2D eigenvalue weighted by molar-refractivity contribution is -0.134. The van der Waals surface area contributed by atoms with Crippen LogP contribution in [0.1, 0.15) is 51.3 Å². The quantitative estimate of drug-likeness (QED) is 0.389. The molecule has 0 bridgehead atoms. The fourth-order valence-corrected chi connectivity index (χ4v) is 5.08. The summed E-state index contributed by atoms with van der Waals surface area (Å²) in [6.07, 6.45) is 6.26. The van der Waals surface area contributed by atoms with Crippen LogP contribution in [0.3, 0.4) is 0 Å². The van der Waals surface area contributed by atoms with E-state index in [0.717, 1.165) is 24.0 Å². The van der Waals surface area contributed by atoms with Gasteiger partial charge < -0.3 is 21.1 Å². The third-order valence-corrected chi connectivity index (χ3v) is 7.47. The van der Waals surface area contributed by atoms with Crippen LogP contribution in [0, 0.1) is 11.7 Å². The number of pyridine rings is 1. The molecule has 3 heterocycles. The highest BCUT2D eigenvalue weighted by atomic mass is 35.5. The Hall–Kier alpha value is -2.88. The zero-order valence-electron chi connectivity index (χ0n) is 21.0. The van der Waals surface area contributed by atoms with Crippen molar-refractivity contribution < 1.29 is 13.9 Å². The predicted octanol–water partition coefficient (Wildman–Crippen LogP) is 5.26. The Bertz CT molecular complexity index is 1280. The van der Waals surface area contributed by atoms with Crippen molar-refractivity contribution in [1.29, 1.82) is 0 Å². The van der Waals surface area contributed by atoms with Gasteiger partial charge in [-0.25, -0.2) is 9.37 Å². The third kappa shape index (κ3) is 5.84. The number of piperidine rings is 1. The van der Waals surface area contributed by atoms with Gasteiger partial charge in [-0.1, -0.05) is 37.0 Å². The van der Waals surface area contributed by atoms with Gasteiger partial charge in [-0.15, -0.1) is 0 Å². The number of aromatic nitrogens is 3. The smallest absolute Gasteiger partial charge is 0.239 e. The van der Waals surface area contributed by atoms with E-state index in [1.165, 1.54) is 12.1 Å². The minimum absolute atomic E-state index is 0.00475. The first kappa shape index (κ1) is 27.2. The summed E-state index contributed by atoms with van der Waals surface area (Å²) in [5, 5.41) is 4.75. The van der Waals surface area contributed by atoms with Crippen molar-refractivity contribution in [3.8, 4) is 16.9 Å². The van der Waals surface area contributed by atoms with E-state index in [1.807, 2.05) is 29.6 Å². The number of benzene rings is 1. The fraction of sp³-hybridized carbons (Fsp3) is 0.423. The van der Waals surface area contributed by atoms with E-state index in [4.69, 9.17) is 39.4 Å². The van der Waals surface area contributed by atoms with Crippen molar-refractivity contribution in [2.75, 3.05) is 18.8 Å². The van der Waals surface area contributed by atoms with Crippen molar-refractivity contribution in [2.24, 2.45) is 11.7 Å². The number of carbonyl (C=O) groups excluding carboxylic acids is 1. The van der Waals surface area contributed by atoms with Gasteiger partial charge in [0, 0.05) is 47.2 Å². The molecule has 1 aliphatic rings. The van der Waals surface area contributed by atoms with Crippen molar-refractivity contribution in [3.05, 3.63) is 58.2 Å². The first-order valence-electron chi connectivity index (χ1n) is 12.2. The summed E-state index contributed by atoms with van der Waals surface area (Å²) in [6.45, 7) is 6.90. The van der Waals surface area contributed by atoms with Gasteiger partial charge in [0.15, 0.2) is 11.6 Å². The Balaban J connectivity index is 1.46. The summed E-state index contributed by atoms with van der Waals surface area (Å²) >= 11 is 12.4. The summed E-state index contributed by atoms with van der Waals surface area (Å²) < 4.78 is 21.9. The van der Waals surface area contributed by atoms with Gasteiger partial charge in [-0.3, -0.25) is 9.48 Å². The van der Waals surface area contributed by atoms with E-state index >= 15 is 0 Å². The Labute approximate surface area is 225 Å². The van der Waals surface area contributed by atoms with Crippen LogP contribution in [0.5, 0.6) is 5.75 Å². The normalized spacial score (nSPS) is 16.2. The van der Waals surface area contributed by atoms with Crippen LogP contribution in [0.2, 0.25) is 10.0 Å². The number of rotatable bonds is 7. The standard InChI is InChI=1S/C26H31Cl2FN6O2/c1-14(2)24(30)26(36)34-8-6-18(7-9-34)35-13-17(12-33-35)16-10-21(25(31)32-11-16)37-15(3)22-19(27)4-5-20(29)23(22)28/h4-5,10-15,18,24H,6-9,30H2,1-3H3,(H2,31,32)/t15?,24-/m1/s1. The molecule has 4 N–H and O–H groups in total. The molecule has 1 fully saturated rings. The minimum Gasteiger partial charge on any atom is -0.482 e. The Morgan fingerprint density at radius 3 is 2.54 bits per heavy atom. The number of ether oxygens (including phenoxy) is 1. The van der Waals surface area contributed by atoms with Gasteiger partial charge in [-0.2, -0.15) is 5.10 Å². The first-order valence-corrected chi connectivity index (χ1v) is 13.0. The molecule has 1 unspecified atom stereocenters. The Kier molecular flexibility index (Phi) is 8.26. The Morgan fingerprint density at radius 1 is 1.16 bits per heavy atom. The van der Waals surface area contributed by atoms with E-state index in [1.54, 1.807) is 25.4 Å². The van der Waals surface area contributed by atoms with Gasteiger partial charge in [0.2, 0.25) is 5.91 Å². The number of hydrogen-bond acceptors (Lipinski definition) is 6. The van der Waals surface area contributed by atoms with Gasteiger partial charge >= 0.3 is 0 Å². The van der Waals surface area contributed by atoms with Crippen LogP contribution >= 0.6 is 23.2 Å². The highest BCUT2D eigenvalue weighted by molar-refractivity contribution is 6.36. The number of likely N-dealkylation sites (tertiary alicyclic amines) is 1. The second-order valence-electron chi connectivity index (χ2n) is 9.66. The highest BCUT2D eigenvalue weighted by Crippen LogP contribution is 2.37. The molecule has 1 aliphatic heterocycles. The van der Waals surface area contributed by atoms with E-state index in [2.05, 4.69) is 10.1 Å². The van der Waals surface area contributed by atoms with Crippen molar-refractivity contribution in [1.82, 2.24) is 19.7 Å². The minimum atomic E-state index is -0.672. The van der Waals surface area contributed by atoms with Crippen molar-refractivity contribution in [2.45, 2.75) is 51.8 Å². The molecule has 198 valence electrons. The fourth-order valence-electron chi connectivity index (χ4n) is 4.41. The van der Waals surface area contributed by atoms with E-state index in [-0.39, 0.29) is 28.7 Å². The number of halogens is 3. The molecule has 0 spiro atoms. The first-order chi connectivity index (χ1) is 17.6. The molecule has 0 aliphatic carbocycles. The van der Waals surface area contributed by atoms with Crippen LogP contribution in [0.4, 0.5) is 10.2 Å². The van der Waals surface area contributed by atoms with E-state index in [0.29, 0.717) is 29.4 Å². The lowest BCUT2D eigenvalue weighted by Crippen LogP contribution is -2.49. The molecular weight excluding hydrogens is 518 g/mol. The average molecular weight is 549 g/mol. The second kappa shape index (κ2) is 11.2. The molecule has 4 rings (SSSR count). The topological polar surface area (TPSA) is 112 Å². The number of anilines is 1. The average Bonchev–Trinajstić information content (AvgIpc) is 3.37. The number of amides is 1. The van der Waals surface area contributed by atoms with Crippen molar-refractivity contribution >= 4 is 34.9 Å². The molecule has 1 saturated heterocycles. The van der Waals surface area contributed by atoms with Crippen LogP contribution in [-0.4, -0.2) is 44.7 Å². The predicted molar refractivity (Wildman–Crippen MR) is 143 cm³/mol. The van der Waals surface area contributed by atoms with Gasteiger partial charge in [0.1, 0.15) is 11.9 Å². The molecule has 2 aromatic heterocycles. The molecule has 37 heavy (non-hydrogen) atoms. The van der Waals surface area contributed by atoms with Crippen LogP contribution in [0.25, 0.3) is 11.1 Å². The number of nitrogen functional groups attached to an aromatic ring is 1. The van der Waals surface area contributed by atoms with Crippen molar-refractivity contribution in [3.63, 3.8) is 0 Å². The highest BCUT2D eigenvalue weighted by Gasteiger charge is 2.29. The lowest BCUT2D eigenvalue weighted by Gasteiger charge is -2.34. The zero-order valence-corrected chi connectivity index (χ0v) is 22.5. The van der Waals surface area contributed by atoms with Crippen LogP contribution < -0.4 is 16.2 Å². The number of nitrogens with zero attached hydrogens (tertiary/aromatic N) is 4. The number of nitrogens with two attached hydrogens (primary N) is 2. The van der Waals surface area contributed by atoms with Crippen LogP contribution in [0.15, 0.2) is 36.8 Å². The number of hydrogen-bond donors (Lipinski definition) is 2. The molecule has 11 heteroatoms. The third-order valence-electron chi connectivity index (χ3n) is 6.76. The molecule has 3 aromatic rings. The summed E-state index contributed by atoms with van der Waals surface area (Å²) in [6, 6.07) is 4.09. The van der Waals surface area contributed by atoms with Gasteiger partial charge in [-0.05, 0) is 43.9 Å². The second-order valence-corrected chi connectivity index (χ2v) is 10.4. The largest absolute Gasteiger partial charge is 0.482 e. The summed E-state index contributed by atoms with van der Waals surface area (Å²) in [7, 11) is 0. The molecule has 0 radical (unpaired) electrons. The molecule has 0 saturated carbocycles. The molecular formula is C26H31Cl2FN6O2. The maximum atomic E-state index is 14.0. The van der Waals surface area contributed by atoms with Gasteiger partial charge in [0.05, 0.1) is 23.3 Å². The monoisotopic (exact) mass is 548 g/mol. The number of carbonyl (C=O) groups is 1. The summed E-state index contributed by atoms with van der Waals surface area (Å²) in [5.74, 6) is 0.0321. The molecule has 2 atom stereocenters. The SMILES string of the molecule is CC(Oc1cc(-c2cnn(C3CCN(C(=O)[C@H](N)C(C)C)CC3)c2)cnc1N)c1c(Cl)ccc(F)c1Cl. The lowest BCUT2D eigenvalue weighted by atomic mass is 10.0.